The Labute approximate surface area is 204 Å². The maximum absolute atomic E-state index is 11.4. The van der Waals surface area contributed by atoms with Crippen LogP contribution in [0.15, 0.2) is 53.6 Å². The quantitative estimate of drug-likeness (QED) is 0.560. The zero-order valence-corrected chi connectivity index (χ0v) is 19.8. The molecule has 1 fully saturated rings. The van der Waals surface area contributed by atoms with Crippen LogP contribution in [0.5, 0.6) is 5.75 Å². The molecule has 8 nitrogen and oxygen atoms in total. The molecule has 35 heavy (non-hydrogen) atoms. The highest BCUT2D eigenvalue weighted by Crippen LogP contribution is 2.50. The van der Waals surface area contributed by atoms with E-state index in [1.807, 2.05) is 0 Å². The van der Waals surface area contributed by atoms with Crippen LogP contribution in [0.4, 0.5) is 5.82 Å². The number of aryl methyl sites for hydroxylation is 1. The van der Waals surface area contributed by atoms with Crippen molar-refractivity contribution in [3.8, 4) is 17.6 Å². The molecule has 8 heteroatoms. The lowest BCUT2D eigenvalue weighted by atomic mass is 9.73. The summed E-state index contributed by atoms with van der Waals surface area (Å²) in [5.74, 6) is 7.12. The SMILES string of the molecule is Cn1cc(OCC#Cc2cnc(N3CCC4(CC3)Cc3ccccc3[C@H]4N)c(CO)n2)ccc1=O. The molecule has 2 aliphatic rings. The number of nitrogens with zero attached hydrogens (tertiary/aromatic N) is 4. The Bertz CT molecular complexity index is 1350. The number of aliphatic hydroxyl groups excluding tert-OH is 1. The third-order valence-corrected chi connectivity index (χ3v) is 7.21. The van der Waals surface area contributed by atoms with Crippen molar-refractivity contribution in [2.45, 2.75) is 31.9 Å². The molecular weight excluding hydrogens is 442 g/mol. The fourth-order valence-corrected chi connectivity index (χ4v) is 5.22. The fraction of sp³-hybridized carbons (Fsp3) is 0.370. The van der Waals surface area contributed by atoms with E-state index in [2.05, 4.69) is 51.0 Å². The van der Waals surface area contributed by atoms with Crippen molar-refractivity contribution in [1.82, 2.24) is 14.5 Å². The topological polar surface area (TPSA) is 106 Å². The van der Waals surface area contributed by atoms with Crippen LogP contribution in [-0.2, 0) is 20.1 Å². The first kappa shape index (κ1) is 23.1. The van der Waals surface area contributed by atoms with E-state index in [-0.39, 0.29) is 30.2 Å². The van der Waals surface area contributed by atoms with Gasteiger partial charge in [-0.15, -0.1) is 0 Å². The van der Waals surface area contributed by atoms with Gasteiger partial charge in [0.15, 0.2) is 5.82 Å². The van der Waals surface area contributed by atoms with E-state index in [1.165, 1.54) is 21.8 Å². The van der Waals surface area contributed by atoms with Crippen LogP contribution in [0.3, 0.4) is 0 Å². The fourth-order valence-electron chi connectivity index (χ4n) is 5.22. The molecule has 1 aliphatic heterocycles. The lowest BCUT2D eigenvalue weighted by Crippen LogP contribution is -2.45. The molecule has 1 saturated heterocycles. The van der Waals surface area contributed by atoms with E-state index in [9.17, 15) is 9.90 Å². The van der Waals surface area contributed by atoms with Gasteiger partial charge in [0.2, 0.25) is 5.56 Å². The van der Waals surface area contributed by atoms with Gasteiger partial charge in [0, 0.05) is 38.4 Å². The zero-order chi connectivity index (χ0) is 24.4. The standard InChI is InChI=1S/C27H29N5O3/c1-31-17-21(8-9-24(31)34)35-14-4-6-20-16-29-26(23(18-33)30-20)32-12-10-27(11-13-32)15-19-5-2-3-7-22(19)25(27)28/h2-3,5,7-9,16-17,25,33H,10-15,18,28H2,1H3/t25-/m1/s1. The highest BCUT2D eigenvalue weighted by molar-refractivity contribution is 5.47. The highest BCUT2D eigenvalue weighted by Gasteiger charge is 2.46. The maximum Gasteiger partial charge on any atom is 0.250 e. The van der Waals surface area contributed by atoms with Crippen molar-refractivity contribution in [2.24, 2.45) is 18.2 Å². The van der Waals surface area contributed by atoms with Crippen molar-refractivity contribution in [1.29, 1.82) is 0 Å². The van der Waals surface area contributed by atoms with Crippen LogP contribution in [0.25, 0.3) is 0 Å². The summed E-state index contributed by atoms with van der Waals surface area (Å²) in [7, 11) is 1.66. The van der Waals surface area contributed by atoms with Gasteiger partial charge in [-0.05, 0) is 47.8 Å². The second-order valence-corrected chi connectivity index (χ2v) is 9.29. The van der Waals surface area contributed by atoms with Gasteiger partial charge in [0.25, 0.3) is 0 Å². The molecule has 3 heterocycles. The number of rotatable bonds is 4. The molecule has 5 rings (SSSR count). The van der Waals surface area contributed by atoms with Crippen molar-refractivity contribution >= 4 is 5.82 Å². The summed E-state index contributed by atoms with van der Waals surface area (Å²) in [5.41, 5.74) is 10.3. The second kappa shape index (κ2) is 9.53. The minimum absolute atomic E-state index is 0.0601. The minimum atomic E-state index is -0.209. The molecule has 3 aromatic rings. The third kappa shape index (κ3) is 4.53. The number of hydrogen-bond donors (Lipinski definition) is 2. The van der Waals surface area contributed by atoms with Crippen LogP contribution >= 0.6 is 0 Å². The predicted molar refractivity (Wildman–Crippen MR) is 133 cm³/mol. The molecule has 0 radical (unpaired) electrons. The summed E-state index contributed by atoms with van der Waals surface area (Å²) in [5, 5.41) is 9.96. The number of anilines is 1. The Hall–Kier alpha value is -3.67. The van der Waals surface area contributed by atoms with Gasteiger partial charge in [-0.2, -0.15) is 0 Å². The number of aliphatic hydroxyl groups is 1. The molecule has 1 spiro atoms. The smallest absolute Gasteiger partial charge is 0.250 e. The molecule has 0 bridgehead atoms. The van der Waals surface area contributed by atoms with Crippen molar-refractivity contribution < 1.29 is 9.84 Å². The number of piperidine rings is 1. The molecule has 180 valence electrons. The van der Waals surface area contributed by atoms with Gasteiger partial charge in [0.1, 0.15) is 23.7 Å². The number of fused-ring (bicyclic) bond motifs is 1. The van der Waals surface area contributed by atoms with E-state index in [0.717, 1.165) is 32.4 Å². The molecule has 0 saturated carbocycles. The van der Waals surface area contributed by atoms with Crippen LogP contribution in [-0.4, -0.2) is 39.3 Å². The van der Waals surface area contributed by atoms with E-state index >= 15 is 0 Å². The first-order valence-corrected chi connectivity index (χ1v) is 11.8. The molecule has 2 aromatic heterocycles. The normalized spacial score (nSPS) is 18.1. The lowest BCUT2D eigenvalue weighted by Gasteiger charge is -2.42. The monoisotopic (exact) mass is 471 g/mol. The number of nitrogens with two attached hydrogens (primary N) is 1. The predicted octanol–water partition coefficient (Wildman–Crippen LogP) is 1.94. The third-order valence-electron chi connectivity index (χ3n) is 7.21. The lowest BCUT2D eigenvalue weighted by molar-refractivity contribution is 0.186. The Morgan fingerprint density at radius 3 is 2.77 bits per heavy atom. The number of benzene rings is 1. The zero-order valence-electron chi connectivity index (χ0n) is 19.8. The highest BCUT2D eigenvalue weighted by atomic mass is 16.5. The summed E-state index contributed by atoms with van der Waals surface area (Å²) in [6, 6.07) is 11.6. The summed E-state index contributed by atoms with van der Waals surface area (Å²) in [6.07, 6.45) is 6.21. The van der Waals surface area contributed by atoms with Crippen LogP contribution in [0.2, 0.25) is 0 Å². The van der Waals surface area contributed by atoms with Gasteiger partial charge < -0.3 is 25.0 Å². The summed E-state index contributed by atoms with van der Waals surface area (Å²) in [4.78, 5) is 22.8. The summed E-state index contributed by atoms with van der Waals surface area (Å²) >= 11 is 0. The van der Waals surface area contributed by atoms with Crippen molar-refractivity contribution in [2.75, 3.05) is 24.6 Å². The van der Waals surface area contributed by atoms with Gasteiger partial charge in [-0.1, -0.05) is 30.2 Å². The minimum Gasteiger partial charge on any atom is -0.479 e. The van der Waals surface area contributed by atoms with Gasteiger partial charge >= 0.3 is 0 Å². The number of pyridine rings is 1. The Morgan fingerprint density at radius 2 is 2.03 bits per heavy atom. The Kier molecular flexibility index (Phi) is 6.29. The van der Waals surface area contributed by atoms with E-state index in [0.29, 0.717) is 23.0 Å². The van der Waals surface area contributed by atoms with E-state index in [1.54, 1.807) is 25.5 Å². The average molecular weight is 472 g/mol. The summed E-state index contributed by atoms with van der Waals surface area (Å²) in [6.45, 7) is 1.58. The van der Waals surface area contributed by atoms with Gasteiger partial charge in [-0.3, -0.25) is 4.79 Å². The first-order valence-electron chi connectivity index (χ1n) is 11.8. The van der Waals surface area contributed by atoms with Crippen LogP contribution in [0.1, 0.15) is 41.4 Å². The molecule has 1 atom stereocenters. The molecule has 1 aliphatic carbocycles. The Morgan fingerprint density at radius 1 is 1.23 bits per heavy atom. The maximum atomic E-state index is 11.4. The molecule has 0 unspecified atom stereocenters. The molecule has 3 N–H and O–H groups in total. The molecule has 1 aromatic carbocycles. The van der Waals surface area contributed by atoms with Gasteiger partial charge in [0.05, 0.1) is 12.8 Å². The Balaban J connectivity index is 1.23. The average Bonchev–Trinajstić information content (AvgIpc) is 3.15. The van der Waals surface area contributed by atoms with E-state index < -0.39 is 0 Å². The molecular formula is C27H29N5O3. The molecule has 0 amide bonds. The second-order valence-electron chi connectivity index (χ2n) is 9.29. The first-order chi connectivity index (χ1) is 17.0. The van der Waals surface area contributed by atoms with Gasteiger partial charge in [-0.25, -0.2) is 9.97 Å². The number of ether oxygens (including phenoxy) is 1. The van der Waals surface area contributed by atoms with E-state index in [4.69, 9.17) is 10.5 Å². The van der Waals surface area contributed by atoms with Crippen molar-refractivity contribution in [3.05, 3.63) is 81.7 Å². The number of hydrogen-bond acceptors (Lipinski definition) is 7. The summed E-state index contributed by atoms with van der Waals surface area (Å²) < 4.78 is 7.01. The largest absolute Gasteiger partial charge is 0.479 e. The van der Waals surface area contributed by atoms with Crippen LogP contribution in [0, 0.1) is 17.3 Å². The van der Waals surface area contributed by atoms with Crippen LogP contribution < -0.4 is 20.9 Å². The van der Waals surface area contributed by atoms with Crippen molar-refractivity contribution in [3.63, 3.8) is 0 Å². The number of aromatic nitrogens is 3.